The van der Waals surface area contributed by atoms with Crippen molar-refractivity contribution in [2.75, 3.05) is 0 Å². The lowest BCUT2D eigenvalue weighted by Gasteiger charge is -2.06. The summed E-state index contributed by atoms with van der Waals surface area (Å²) in [6.45, 7) is 0. The van der Waals surface area contributed by atoms with Crippen LogP contribution in [0.25, 0.3) is 11.0 Å². The average molecular weight is 332 g/mol. The molecule has 1 heterocycles. The van der Waals surface area contributed by atoms with Gasteiger partial charge in [-0.25, -0.2) is 13.1 Å². The van der Waals surface area contributed by atoms with Crippen LogP contribution in [-0.4, -0.2) is 28.3 Å². The normalized spacial score (nSPS) is 11.7. The third-order valence-electron chi connectivity index (χ3n) is 3.45. The van der Waals surface area contributed by atoms with Crippen molar-refractivity contribution in [2.24, 2.45) is 7.05 Å². The van der Waals surface area contributed by atoms with Crippen molar-refractivity contribution >= 4 is 26.6 Å². The van der Waals surface area contributed by atoms with Gasteiger partial charge in [0.1, 0.15) is 5.52 Å². The second-order valence-electron chi connectivity index (χ2n) is 4.98. The molecule has 3 aromatic rings. The second-order valence-corrected chi connectivity index (χ2v) is 6.97. The van der Waals surface area contributed by atoms with E-state index in [1.165, 1.54) is 36.0 Å². The van der Waals surface area contributed by atoms with Crippen molar-refractivity contribution in [2.45, 2.75) is 10.6 Å². The van der Waals surface area contributed by atoms with Crippen LogP contribution in [0.15, 0.2) is 47.4 Å². The summed E-state index contributed by atoms with van der Waals surface area (Å²) in [5.41, 5.74) is 0.377. The zero-order valence-corrected chi connectivity index (χ0v) is 12.9. The summed E-state index contributed by atoms with van der Waals surface area (Å²) in [5, 5.41) is 19.0. The largest absolute Gasteiger partial charge is 0.300 e. The molecule has 0 bridgehead atoms. The highest BCUT2D eigenvalue weighted by atomic mass is 32.2. The fourth-order valence-electron chi connectivity index (χ4n) is 2.41. The van der Waals surface area contributed by atoms with Crippen molar-refractivity contribution < 1.29 is 13.3 Å². The highest BCUT2D eigenvalue weighted by Gasteiger charge is 2.26. The van der Waals surface area contributed by atoms with E-state index >= 15 is 0 Å². The third kappa shape index (κ3) is 2.66. The first kappa shape index (κ1) is 15.1. The van der Waals surface area contributed by atoms with E-state index in [4.69, 9.17) is 0 Å². The number of benzene rings is 2. The van der Waals surface area contributed by atoms with Crippen LogP contribution in [0.3, 0.4) is 0 Å². The van der Waals surface area contributed by atoms with Gasteiger partial charge in [0.2, 0.25) is 0 Å². The number of fused-ring (bicyclic) bond motifs is 1. The van der Waals surface area contributed by atoms with Crippen molar-refractivity contribution in [3.63, 3.8) is 0 Å². The highest BCUT2D eigenvalue weighted by Crippen LogP contribution is 2.30. The van der Waals surface area contributed by atoms with Gasteiger partial charge in [0.25, 0.3) is 0 Å². The molecule has 0 aliphatic heterocycles. The van der Waals surface area contributed by atoms with E-state index in [0.29, 0.717) is 5.52 Å². The van der Waals surface area contributed by atoms with Gasteiger partial charge in [0, 0.05) is 12.6 Å². The molecule has 23 heavy (non-hydrogen) atoms. The Hall–Kier alpha value is -2.81. The molecule has 0 saturated heterocycles. The molecule has 9 heteroatoms. The summed E-state index contributed by atoms with van der Waals surface area (Å²) >= 11 is 0. The van der Waals surface area contributed by atoms with Crippen molar-refractivity contribution in [3.05, 3.63) is 58.1 Å². The molecule has 0 unspecified atom stereocenters. The minimum Gasteiger partial charge on any atom is -0.258 e. The molecule has 3 rings (SSSR count). The summed E-state index contributed by atoms with van der Waals surface area (Å²) in [6.07, 6.45) is 0. The summed E-state index contributed by atoms with van der Waals surface area (Å²) in [7, 11) is -2.16. The van der Waals surface area contributed by atoms with E-state index < -0.39 is 20.5 Å². The average Bonchev–Trinajstić information content (AvgIpc) is 2.89. The maximum atomic E-state index is 12.5. The summed E-state index contributed by atoms with van der Waals surface area (Å²) in [6, 6.07) is 10.8. The van der Waals surface area contributed by atoms with Crippen molar-refractivity contribution in [3.8, 4) is 0 Å². The fourth-order valence-corrected chi connectivity index (χ4v) is 3.79. The van der Waals surface area contributed by atoms with Gasteiger partial charge in [-0.05, 0) is 24.3 Å². The Morgan fingerprint density at radius 2 is 1.87 bits per heavy atom. The Morgan fingerprint density at radius 3 is 2.52 bits per heavy atom. The van der Waals surface area contributed by atoms with Crippen LogP contribution in [0.2, 0.25) is 0 Å². The Bertz CT molecular complexity index is 996. The van der Waals surface area contributed by atoms with Gasteiger partial charge in [-0.15, -0.1) is 5.10 Å². The van der Waals surface area contributed by atoms with Gasteiger partial charge in [-0.2, -0.15) is 0 Å². The van der Waals surface area contributed by atoms with E-state index in [-0.39, 0.29) is 21.7 Å². The molecular formula is C14H12N4O4S. The quantitative estimate of drug-likeness (QED) is 0.533. The maximum Gasteiger partial charge on any atom is 0.300 e. The zero-order valence-electron chi connectivity index (χ0n) is 12.1. The molecule has 0 radical (unpaired) electrons. The summed E-state index contributed by atoms with van der Waals surface area (Å²) in [4.78, 5) is 11.0. The number of hydrogen-bond donors (Lipinski definition) is 0. The predicted molar refractivity (Wildman–Crippen MR) is 82.5 cm³/mol. The van der Waals surface area contributed by atoms with Gasteiger partial charge in [0.05, 0.1) is 15.6 Å². The Balaban J connectivity index is 2.16. The Kier molecular flexibility index (Phi) is 3.57. The number of rotatable bonds is 4. The summed E-state index contributed by atoms with van der Waals surface area (Å²) in [5.74, 6) is -0.464. The lowest BCUT2D eigenvalue weighted by molar-refractivity contribution is -0.383. The van der Waals surface area contributed by atoms with E-state index in [2.05, 4.69) is 10.3 Å². The summed E-state index contributed by atoms with van der Waals surface area (Å²) < 4.78 is 26.2. The second kappa shape index (κ2) is 5.43. The van der Waals surface area contributed by atoms with Crippen LogP contribution in [0, 0.1) is 10.1 Å². The van der Waals surface area contributed by atoms with E-state index in [0.717, 1.165) is 0 Å². The minimum absolute atomic E-state index is 0.108. The number of hydrogen-bond acceptors (Lipinski definition) is 6. The first-order chi connectivity index (χ1) is 10.9. The lowest BCUT2D eigenvalue weighted by atomic mass is 10.1. The van der Waals surface area contributed by atoms with Crippen LogP contribution in [0.4, 0.5) is 5.69 Å². The van der Waals surface area contributed by atoms with Gasteiger partial charge in [0.15, 0.2) is 15.4 Å². The molecule has 8 nitrogen and oxygen atoms in total. The standard InChI is InChI=1S/C14H12N4O4S/c1-17-14-12(15-16-17)8-7-10(13(14)18(19)20)9-23(21,22)11-5-3-2-4-6-11/h2-8H,9H2,1H3. The third-order valence-corrected chi connectivity index (χ3v) is 5.14. The highest BCUT2D eigenvalue weighted by molar-refractivity contribution is 7.90. The molecule has 0 fully saturated rings. The molecule has 0 spiro atoms. The first-order valence-corrected chi connectivity index (χ1v) is 8.29. The first-order valence-electron chi connectivity index (χ1n) is 6.63. The van der Waals surface area contributed by atoms with Crippen LogP contribution in [0.5, 0.6) is 0 Å². The maximum absolute atomic E-state index is 12.5. The molecule has 0 atom stereocenters. The van der Waals surface area contributed by atoms with Gasteiger partial charge >= 0.3 is 5.69 Å². The Morgan fingerprint density at radius 1 is 1.17 bits per heavy atom. The fraction of sp³-hybridized carbons (Fsp3) is 0.143. The molecule has 0 aliphatic carbocycles. The number of sulfone groups is 1. The van der Waals surface area contributed by atoms with Crippen LogP contribution in [0.1, 0.15) is 5.56 Å². The topological polar surface area (TPSA) is 108 Å². The van der Waals surface area contributed by atoms with Crippen LogP contribution in [-0.2, 0) is 22.6 Å². The Labute approximate surface area is 131 Å². The van der Waals surface area contributed by atoms with Gasteiger partial charge < -0.3 is 0 Å². The van der Waals surface area contributed by atoms with E-state index in [1.807, 2.05) is 0 Å². The predicted octanol–water partition coefficient (Wildman–Crippen LogP) is 1.85. The van der Waals surface area contributed by atoms with Crippen LogP contribution >= 0.6 is 0 Å². The smallest absolute Gasteiger partial charge is 0.258 e. The molecule has 2 aromatic carbocycles. The van der Waals surface area contributed by atoms with Gasteiger partial charge in [-0.3, -0.25) is 10.1 Å². The van der Waals surface area contributed by atoms with E-state index in [9.17, 15) is 18.5 Å². The monoisotopic (exact) mass is 332 g/mol. The SMILES string of the molecule is Cn1nnc2ccc(CS(=O)(=O)c3ccccc3)c([N+](=O)[O-])c21. The molecule has 0 saturated carbocycles. The number of nitro benzene ring substituents is 1. The number of aromatic nitrogens is 3. The zero-order chi connectivity index (χ0) is 16.6. The molecule has 118 valence electrons. The minimum atomic E-state index is -3.69. The molecule has 0 aliphatic rings. The molecule has 0 N–H and O–H groups in total. The van der Waals surface area contributed by atoms with E-state index in [1.54, 1.807) is 18.2 Å². The van der Waals surface area contributed by atoms with Crippen LogP contribution < -0.4 is 0 Å². The van der Waals surface area contributed by atoms with Gasteiger partial charge in [-0.1, -0.05) is 23.4 Å². The molecule has 1 aromatic heterocycles. The van der Waals surface area contributed by atoms with Crippen molar-refractivity contribution in [1.29, 1.82) is 0 Å². The number of nitro groups is 1. The number of aryl methyl sites for hydroxylation is 1. The van der Waals surface area contributed by atoms with Crippen molar-refractivity contribution in [1.82, 2.24) is 15.0 Å². The number of nitrogens with zero attached hydrogens (tertiary/aromatic N) is 4. The molecular weight excluding hydrogens is 320 g/mol. The molecule has 0 amide bonds. The lowest BCUT2D eigenvalue weighted by Crippen LogP contribution is -2.08.